The molecule has 122 valence electrons. The summed E-state index contributed by atoms with van der Waals surface area (Å²) in [5.74, 6) is -0.270. The molecule has 1 N–H and O–H groups in total. The molecule has 1 amide bonds. The molecule has 0 radical (unpaired) electrons. The topological polar surface area (TPSA) is 68.3 Å². The van der Waals surface area contributed by atoms with Crippen LogP contribution in [0.4, 0.5) is 5.13 Å². The number of hydrogen-bond donors (Lipinski definition) is 1. The Hall–Kier alpha value is -1.73. The van der Waals surface area contributed by atoms with Crippen LogP contribution in [-0.2, 0) is 33.6 Å². The van der Waals surface area contributed by atoms with E-state index in [0.717, 1.165) is 28.3 Å². The first-order valence-electron chi connectivity index (χ1n) is 7.63. The van der Waals surface area contributed by atoms with Crippen molar-refractivity contribution >= 4 is 39.7 Å². The number of ether oxygens (including phenoxy) is 1. The normalized spacial score (nSPS) is 16.7. The molecule has 0 aliphatic heterocycles. The van der Waals surface area contributed by atoms with E-state index >= 15 is 0 Å². The van der Waals surface area contributed by atoms with Crippen molar-refractivity contribution in [1.82, 2.24) is 4.98 Å². The van der Waals surface area contributed by atoms with Gasteiger partial charge < -0.3 is 10.1 Å². The van der Waals surface area contributed by atoms with E-state index in [-0.39, 0.29) is 17.8 Å². The standard InChI is InChI=1S/C16H18N2O3S2/c1-2-21-15(20)10-5-6-12-13(8-10)23-16(17-12)18-14(19)9-11-4-3-7-22-11/h3-4,7,10H,2,5-6,8-9H2,1H3,(H,17,18,19). The molecular weight excluding hydrogens is 332 g/mol. The van der Waals surface area contributed by atoms with Crippen molar-refractivity contribution in [2.75, 3.05) is 11.9 Å². The lowest BCUT2D eigenvalue weighted by Crippen LogP contribution is -2.24. The molecule has 23 heavy (non-hydrogen) atoms. The van der Waals surface area contributed by atoms with E-state index in [1.54, 1.807) is 11.3 Å². The van der Waals surface area contributed by atoms with Gasteiger partial charge in [0.05, 0.1) is 24.6 Å². The van der Waals surface area contributed by atoms with Gasteiger partial charge in [0.1, 0.15) is 0 Å². The number of thiophene rings is 1. The molecule has 1 aliphatic rings. The Morgan fingerprint density at radius 3 is 3.09 bits per heavy atom. The molecule has 2 heterocycles. The minimum Gasteiger partial charge on any atom is -0.466 e. The molecule has 1 unspecified atom stereocenters. The lowest BCUT2D eigenvalue weighted by atomic mass is 9.91. The first-order chi connectivity index (χ1) is 11.2. The highest BCUT2D eigenvalue weighted by Gasteiger charge is 2.28. The zero-order valence-corrected chi connectivity index (χ0v) is 14.5. The largest absolute Gasteiger partial charge is 0.466 e. The van der Waals surface area contributed by atoms with Crippen LogP contribution < -0.4 is 5.32 Å². The summed E-state index contributed by atoms with van der Waals surface area (Å²) in [4.78, 5) is 30.5. The van der Waals surface area contributed by atoms with Gasteiger partial charge in [0.2, 0.25) is 5.91 Å². The van der Waals surface area contributed by atoms with E-state index in [4.69, 9.17) is 4.74 Å². The molecule has 1 atom stereocenters. The Kier molecular flexibility index (Phi) is 5.07. The summed E-state index contributed by atoms with van der Waals surface area (Å²) in [6, 6.07) is 3.88. The minimum absolute atomic E-state index is 0.0551. The second kappa shape index (κ2) is 7.23. The average Bonchev–Trinajstić information content (AvgIpc) is 3.15. The molecule has 1 aliphatic carbocycles. The number of aromatic nitrogens is 1. The number of nitrogens with zero attached hydrogens (tertiary/aromatic N) is 1. The predicted molar refractivity (Wildman–Crippen MR) is 90.9 cm³/mol. The Bertz CT molecular complexity index is 694. The smallest absolute Gasteiger partial charge is 0.309 e. The van der Waals surface area contributed by atoms with Gasteiger partial charge in [-0.25, -0.2) is 4.98 Å². The molecule has 0 spiro atoms. The van der Waals surface area contributed by atoms with E-state index in [2.05, 4.69) is 10.3 Å². The molecule has 0 fully saturated rings. The third-order valence-electron chi connectivity index (χ3n) is 3.72. The van der Waals surface area contributed by atoms with Gasteiger partial charge in [-0.3, -0.25) is 9.59 Å². The summed E-state index contributed by atoms with van der Waals surface area (Å²) in [6.07, 6.45) is 2.55. The number of esters is 1. The van der Waals surface area contributed by atoms with Crippen LogP contribution in [0.3, 0.4) is 0 Å². The molecule has 3 rings (SSSR count). The summed E-state index contributed by atoms with van der Waals surface area (Å²) in [6.45, 7) is 2.23. The van der Waals surface area contributed by atoms with Crippen molar-refractivity contribution in [1.29, 1.82) is 0 Å². The van der Waals surface area contributed by atoms with Crippen molar-refractivity contribution in [3.8, 4) is 0 Å². The van der Waals surface area contributed by atoms with Crippen molar-refractivity contribution in [3.05, 3.63) is 33.0 Å². The maximum atomic E-state index is 12.0. The van der Waals surface area contributed by atoms with Crippen molar-refractivity contribution in [3.63, 3.8) is 0 Å². The Morgan fingerprint density at radius 2 is 2.35 bits per heavy atom. The van der Waals surface area contributed by atoms with E-state index in [1.165, 1.54) is 11.3 Å². The minimum atomic E-state index is -0.130. The number of thiazole rings is 1. The van der Waals surface area contributed by atoms with E-state index in [9.17, 15) is 9.59 Å². The number of amides is 1. The van der Waals surface area contributed by atoms with Crippen molar-refractivity contribution < 1.29 is 14.3 Å². The summed E-state index contributed by atoms with van der Waals surface area (Å²) in [5, 5.41) is 5.45. The number of fused-ring (bicyclic) bond motifs is 1. The van der Waals surface area contributed by atoms with E-state index in [1.807, 2.05) is 24.4 Å². The number of carbonyl (C=O) groups excluding carboxylic acids is 2. The Labute approximate surface area is 142 Å². The Balaban J connectivity index is 1.61. The molecule has 7 heteroatoms. The van der Waals surface area contributed by atoms with Gasteiger partial charge in [-0.2, -0.15) is 0 Å². The van der Waals surface area contributed by atoms with Crippen LogP contribution in [0.1, 0.15) is 28.8 Å². The molecule has 0 bridgehead atoms. The zero-order chi connectivity index (χ0) is 16.2. The molecule has 0 saturated carbocycles. The summed E-state index contributed by atoms with van der Waals surface area (Å²) >= 11 is 3.04. The van der Waals surface area contributed by atoms with Crippen LogP contribution in [0.5, 0.6) is 0 Å². The number of carbonyl (C=O) groups is 2. The van der Waals surface area contributed by atoms with E-state index in [0.29, 0.717) is 24.6 Å². The quantitative estimate of drug-likeness (QED) is 0.842. The first kappa shape index (κ1) is 16.1. The van der Waals surface area contributed by atoms with Gasteiger partial charge in [0.15, 0.2) is 5.13 Å². The second-order valence-corrected chi connectivity index (χ2v) is 7.50. The molecular formula is C16H18N2O3S2. The fourth-order valence-electron chi connectivity index (χ4n) is 2.62. The third kappa shape index (κ3) is 3.97. The highest BCUT2D eigenvalue weighted by Crippen LogP contribution is 2.33. The SMILES string of the molecule is CCOC(=O)C1CCc2nc(NC(=O)Cc3cccs3)sc2C1. The zero-order valence-electron chi connectivity index (χ0n) is 12.8. The summed E-state index contributed by atoms with van der Waals surface area (Å²) < 4.78 is 5.10. The van der Waals surface area contributed by atoms with Crippen LogP contribution in [-0.4, -0.2) is 23.5 Å². The summed E-state index contributed by atoms with van der Waals surface area (Å²) in [5.41, 5.74) is 1.00. The van der Waals surface area contributed by atoms with Crippen LogP contribution in [0.2, 0.25) is 0 Å². The fourth-order valence-corrected chi connectivity index (χ4v) is 4.43. The van der Waals surface area contributed by atoms with Gasteiger partial charge in [0, 0.05) is 9.75 Å². The summed E-state index contributed by atoms with van der Waals surface area (Å²) in [7, 11) is 0. The average molecular weight is 350 g/mol. The molecule has 5 nitrogen and oxygen atoms in total. The molecule has 2 aromatic heterocycles. The third-order valence-corrected chi connectivity index (χ3v) is 5.63. The molecule has 2 aromatic rings. The maximum absolute atomic E-state index is 12.0. The number of anilines is 1. The first-order valence-corrected chi connectivity index (χ1v) is 9.32. The number of rotatable bonds is 5. The van der Waals surface area contributed by atoms with E-state index < -0.39 is 0 Å². The predicted octanol–water partition coefficient (Wildman–Crippen LogP) is 3.05. The lowest BCUT2D eigenvalue weighted by molar-refractivity contribution is -0.148. The lowest BCUT2D eigenvalue weighted by Gasteiger charge is -2.18. The van der Waals surface area contributed by atoms with Crippen LogP contribution in [0.25, 0.3) is 0 Å². The van der Waals surface area contributed by atoms with Gasteiger partial charge in [-0.1, -0.05) is 6.07 Å². The maximum Gasteiger partial charge on any atom is 0.309 e. The Morgan fingerprint density at radius 1 is 1.48 bits per heavy atom. The number of aryl methyl sites for hydroxylation is 1. The van der Waals surface area contributed by atoms with Gasteiger partial charge >= 0.3 is 5.97 Å². The van der Waals surface area contributed by atoms with Crippen molar-refractivity contribution in [2.24, 2.45) is 5.92 Å². The van der Waals surface area contributed by atoms with Gasteiger partial charge in [0.25, 0.3) is 0 Å². The molecule has 0 saturated heterocycles. The van der Waals surface area contributed by atoms with Crippen LogP contribution in [0.15, 0.2) is 17.5 Å². The van der Waals surface area contributed by atoms with Crippen LogP contribution in [0, 0.1) is 5.92 Å². The van der Waals surface area contributed by atoms with Gasteiger partial charge in [-0.05, 0) is 37.6 Å². The highest BCUT2D eigenvalue weighted by atomic mass is 32.1. The van der Waals surface area contributed by atoms with Gasteiger partial charge in [-0.15, -0.1) is 22.7 Å². The number of hydrogen-bond acceptors (Lipinski definition) is 6. The van der Waals surface area contributed by atoms with Crippen LogP contribution >= 0.6 is 22.7 Å². The number of nitrogens with one attached hydrogen (secondary N) is 1. The monoisotopic (exact) mass is 350 g/mol. The molecule has 0 aromatic carbocycles. The van der Waals surface area contributed by atoms with Crippen molar-refractivity contribution in [2.45, 2.75) is 32.6 Å². The second-order valence-electron chi connectivity index (χ2n) is 5.38. The fraction of sp³-hybridized carbons (Fsp3) is 0.438. The highest BCUT2D eigenvalue weighted by molar-refractivity contribution is 7.16.